The Morgan fingerprint density at radius 2 is 2.14 bits per heavy atom. The molecule has 0 spiro atoms. The fourth-order valence-electron chi connectivity index (χ4n) is 2.78. The number of piperazine rings is 1. The number of fused-ring (bicyclic) bond motifs is 1. The second-order valence-electron chi connectivity index (χ2n) is 5.38. The van der Waals surface area contributed by atoms with Crippen molar-refractivity contribution in [1.29, 1.82) is 0 Å². The summed E-state index contributed by atoms with van der Waals surface area (Å²) in [6.45, 7) is 1.39. The molecule has 1 fully saturated rings. The largest absolute Gasteiger partial charge is 0.361 e. The molecule has 1 aliphatic heterocycles. The van der Waals surface area contributed by atoms with Crippen LogP contribution < -0.4 is 5.32 Å². The minimum atomic E-state index is -0.0637. The number of hydrogen-bond donors (Lipinski definition) is 2. The number of rotatable bonds is 4. The Morgan fingerprint density at radius 1 is 1.29 bits per heavy atom. The summed E-state index contributed by atoms with van der Waals surface area (Å²) >= 11 is 0. The lowest BCUT2D eigenvalue weighted by molar-refractivity contribution is -0.138. The summed E-state index contributed by atoms with van der Waals surface area (Å²) in [6, 6.07) is 8.18. The molecule has 1 aromatic heterocycles. The van der Waals surface area contributed by atoms with E-state index in [1.165, 1.54) is 10.9 Å². The Kier molecular flexibility index (Phi) is 3.90. The van der Waals surface area contributed by atoms with Gasteiger partial charge in [-0.1, -0.05) is 18.2 Å². The molecule has 110 valence electrons. The number of amides is 2. The van der Waals surface area contributed by atoms with Crippen LogP contribution in [0.5, 0.6) is 0 Å². The first-order valence-electron chi connectivity index (χ1n) is 7.33. The smallest absolute Gasteiger partial charge is 0.239 e. The minimum absolute atomic E-state index is 0.0637. The van der Waals surface area contributed by atoms with Gasteiger partial charge in [-0.05, 0) is 24.5 Å². The lowest BCUT2D eigenvalue weighted by Crippen LogP contribution is -2.49. The monoisotopic (exact) mass is 285 g/mol. The molecule has 2 heterocycles. The molecule has 5 nitrogen and oxygen atoms in total. The predicted octanol–water partition coefficient (Wildman–Crippen LogP) is 1.45. The van der Waals surface area contributed by atoms with Gasteiger partial charge in [-0.15, -0.1) is 0 Å². The highest BCUT2D eigenvalue weighted by Gasteiger charge is 2.20. The Bertz CT molecular complexity index is 662. The molecule has 0 unspecified atom stereocenters. The van der Waals surface area contributed by atoms with Gasteiger partial charge in [-0.2, -0.15) is 0 Å². The van der Waals surface area contributed by atoms with Gasteiger partial charge in [0.2, 0.25) is 11.8 Å². The van der Waals surface area contributed by atoms with E-state index in [-0.39, 0.29) is 18.4 Å². The maximum absolute atomic E-state index is 12.1. The zero-order valence-corrected chi connectivity index (χ0v) is 11.9. The average molecular weight is 285 g/mol. The van der Waals surface area contributed by atoms with Crippen molar-refractivity contribution in [3.8, 4) is 0 Å². The van der Waals surface area contributed by atoms with E-state index in [0.717, 1.165) is 18.4 Å². The van der Waals surface area contributed by atoms with Crippen molar-refractivity contribution >= 4 is 22.7 Å². The standard InChI is InChI=1S/C16H19N3O2/c20-15-11-19(9-8-17-15)16(21)7-3-4-12-10-18-14-6-2-1-5-13(12)14/h1-2,5-6,10,18H,3-4,7-9,11H2,(H,17,20). The zero-order chi connectivity index (χ0) is 14.7. The third-order valence-electron chi connectivity index (χ3n) is 3.90. The summed E-state index contributed by atoms with van der Waals surface area (Å²) in [6.07, 6.45) is 4.19. The van der Waals surface area contributed by atoms with Gasteiger partial charge < -0.3 is 15.2 Å². The molecule has 0 radical (unpaired) electrons. The Labute approximate surface area is 123 Å². The van der Waals surface area contributed by atoms with E-state index in [1.807, 2.05) is 18.3 Å². The van der Waals surface area contributed by atoms with Gasteiger partial charge in [0, 0.05) is 36.6 Å². The highest BCUT2D eigenvalue weighted by atomic mass is 16.2. The van der Waals surface area contributed by atoms with Crippen molar-refractivity contribution in [2.24, 2.45) is 0 Å². The molecule has 0 aliphatic carbocycles. The van der Waals surface area contributed by atoms with Gasteiger partial charge in [-0.25, -0.2) is 0 Å². The molecule has 1 aromatic carbocycles. The number of para-hydroxylation sites is 1. The van der Waals surface area contributed by atoms with Crippen LogP contribution in [0.3, 0.4) is 0 Å². The Morgan fingerprint density at radius 3 is 3.00 bits per heavy atom. The summed E-state index contributed by atoms with van der Waals surface area (Å²) in [5.41, 5.74) is 2.38. The molecule has 0 saturated carbocycles. The molecule has 2 N–H and O–H groups in total. The number of carbonyl (C=O) groups excluding carboxylic acids is 2. The molecule has 0 atom stereocenters. The number of nitrogens with one attached hydrogen (secondary N) is 2. The van der Waals surface area contributed by atoms with Gasteiger partial charge >= 0.3 is 0 Å². The van der Waals surface area contributed by atoms with E-state index in [2.05, 4.69) is 22.4 Å². The average Bonchev–Trinajstić information content (AvgIpc) is 2.91. The van der Waals surface area contributed by atoms with Crippen molar-refractivity contribution in [3.63, 3.8) is 0 Å². The predicted molar refractivity (Wildman–Crippen MR) is 80.8 cm³/mol. The van der Waals surface area contributed by atoms with Crippen LogP contribution >= 0.6 is 0 Å². The van der Waals surface area contributed by atoms with Crippen LogP contribution in [0.25, 0.3) is 10.9 Å². The Balaban J connectivity index is 1.54. The van der Waals surface area contributed by atoms with Gasteiger partial charge in [-0.3, -0.25) is 9.59 Å². The van der Waals surface area contributed by atoms with Crippen LogP contribution in [0.4, 0.5) is 0 Å². The molecule has 5 heteroatoms. The number of H-pyrrole nitrogens is 1. The molecule has 21 heavy (non-hydrogen) atoms. The van der Waals surface area contributed by atoms with E-state index in [4.69, 9.17) is 0 Å². The first-order valence-corrected chi connectivity index (χ1v) is 7.33. The van der Waals surface area contributed by atoms with E-state index in [9.17, 15) is 9.59 Å². The lowest BCUT2D eigenvalue weighted by Gasteiger charge is -2.26. The second-order valence-corrected chi connectivity index (χ2v) is 5.38. The van der Waals surface area contributed by atoms with Crippen molar-refractivity contribution in [2.45, 2.75) is 19.3 Å². The maximum atomic E-state index is 12.1. The minimum Gasteiger partial charge on any atom is -0.361 e. The van der Waals surface area contributed by atoms with E-state index < -0.39 is 0 Å². The number of hydrogen-bond acceptors (Lipinski definition) is 2. The van der Waals surface area contributed by atoms with E-state index in [1.54, 1.807) is 4.90 Å². The molecule has 2 amide bonds. The molecule has 2 aromatic rings. The van der Waals surface area contributed by atoms with Gasteiger partial charge in [0.05, 0.1) is 6.54 Å². The number of aryl methyl sites for hydroxylation is 1. The van der Waals surface area contributed by atoms with E-state index >= 15 is 0 Å². The van der Waals surface area contributed by atoms with Crippen molar-refractivity contribution in [2.75, 3.05) is 19.6 Å². The van der Waals surface area contributed by atoms with Crippen molar-refractivity contribution in [1.82, 2.24) is 15.2 Å². The molecular formula is C16H19N3O2. The molecule has 3 rings (SSSR count). The van der Waals surface area contributed by atoms with Crippen LogP contribution in [-0.4, -0.2) is 41.3 Å². The summed E-state index contributed by atoms with van der Waals surface area (Å²) < 4.78 is 0. The van der Waals surface area contributed by atoms with Crippen LogP contribution in [0.15, 0.2) is 30.5 Å². The van der Waals surface area contributed by atoms with Crippen LogP contribution in [-0.2, 0) is 16.0 Å². The van der Waals surface area contributed by atoms with Gasteiger partial charge in [0.15, 0.2) is 0 Å². The number of aromatic amines is 1. The second kappa shape index (κ2) is 5.99. The summed E-state index contributed by atoms with van der Waals surface area (Å²) in [5, 5.41) is 3.95. The summed E-state index contributed by atoms with van der Waals surface area (Å²) in [7, 11) is 0. The highest BCUT2D eigenvalue weighted by Crippen LogP contribution is 2.19. The zero-order valence-electron chi connectivity index (χ0n) is 11.9. The first kappa shape index (κ1) is 13.7. The number of nitrogens with zero attached hydrogens (tertiary/aromatic N) is 1. The normalized spacial score (nSPS) is 15.2. The Hall–Kier alpha value is -2.30. The van der Waals surface area contributed by atoms with Crippen molar-refractivity contribution in [3.05, 3.63) is 36.0 Å². The summed E-state index contributed by atoms with van der Waals surface area (Å²) in [5.74, 6) is 0.0101. The fraction of sp³-hybridized carbons (Fsp3) is 0.375. The fourth-order valence-corrected chi connectivity index (χ4v) is 2.78. The molecule has 1 aliphatic rings. The lowest BCUT2D eigenvalue weighted by atomic mass is 10.1. The molecule has 1 saturated heterocycles. The third-order valence-corrected chi connectivity index (χ3v) is 3.90. The van der Waals surface area contributed by atoms with Crippen LogP contribution in [0.1, 0.15) is 18.4 Å². The number of carbonyl (C=O) groups is 2. The van der Waals surface area contributed by atoms with Gasteiger partial charge in [0.1, 0.15) is 0 Å². The van der Waals surface area contributed by atoms with Crippen molar-refractivity contribution < 1.29 is 9.59 Å². The first-order chi connectivity index (χ1) is 10.2. The molecule has 0 bridgehead atoms. The quantitative estimate of drug-likeness (QED) is 0.893. The summed E-state index contributed by atoms with van der Waals surface area (Å²) in [4.78, 5) is 28.2. The highest BCUT2D eigenvalue weighted by molar-refractivity contribution is 5.86. The van der Waals surface area contributed by atoms with Crippen LogP contribution in [0.2, 0.25) is 0 Å². The number of benzene rings is 1. The van der Waals surface area contributed by atoms with Gasteiger partial charge in [0.25, 0.3) is 0 Å². The maximum Gasteiger partial charge on any atom is 0.239 e. The molecular weight excluding hydrogens is 266 g/mol. The third kappa shape index (κ3) is 3.07. The van der Waals surface area contributed by atoms with Crippen LogP contribution in [0, 0.1) is 0 Å². The van der Waals surface area contributed by atoms with E-state index in [0.29, 0.717) is 19.5 Å². The number of aromatic nitrogens is 1. The SMILES string of the molecule is O=C1CN(C(=O)CCCc2c[nH]c3ccccc23)CCN1. The topological polar surface area (TPSA) is 65.2 Å².